The summed E-state index contributed by atoms with van der Waals surface area (Å²) in [5.74, 6) is -1.87. The molecule has 1 amide bonds. The predicted octanol–water partition coefficient (Wildman–Crippen LogP) is 4.92. The normalized spacial score (nSPS) is 10.8. The van der Waals surface area contributed by atoms with Crippen molar-refractivity contribution in [3.63, 3.8) is 0 Å². The quantitative estimate of drug-likeness (QED) is 0.519. The Morgan fingerprint density at radius 1 is 1.04 bits per heavy atom. The molecule has 28 heavy (non-hydrogen) atoms. The summed E-state index contributed by atoms with van der Waals surface area (Å²) >= 11 is 1.49. The van der Waals surface area contributed by atoms with Gasteiger partial charge in [-0.3, -0.25) is 4.79 Å². The average Bonchev–Trinajstić information content (AvgIpc) is 3.35. The van der Waals surface area contributed by atoms with E-state index in [2.05, 4.69) is 15.5 Å². The van der Waals surface area contributed by atoms with E-state index in [0.29, 0.717) is 23.0 Å². The number of hydrogen-bond acceptors (Lipinski definition) is 5. The van der Waals surface area contributed by atoms with Crippen LogP contribution >= 0.6 is 11.3 Å². The minimum atomic E-state index is -0.924. The molecule has 0 aliphatic rings. The molecule has 0 saturated heterocycles. The van der Waals surface area contributed by atoms with Crippen LogP contribution in [-0.4, -0.2) is 16.0 Å². The number of benzene rings is 2. The molecule has 0 fully saturated rings. The lowest BCUT2D eigenvalue weighted by atomic mass is 10.1. The molecule has 140 valence electrons. The highest BCUT2D eigenvalue weighted by atomic mass is 32.1. The molecule has 0 atom stereocenters. The van der Waals surface area contributed by atoms with E-state index in [4.69, 9.17) is 4.52 Å². The Balaban J connectivity index is 1.57. The van der Waals surface area contributed by atoms with E-state index in [-0.39, 0.29) is 6.42 Å². The van der Waals surface area contributed by atoms with Gasteiger partial charge in [0.25, 0.3) is 5.91 Å². The molecule has 5 nitrogen and oxygen atoms in total. The van der Waals surface area contributed by atoms with Crippen molar-refractivity contribution in [1.29, 1.82) is 0 Å². The molecule has 4 aromatic rings. The van der Waals surface area contributed by atoms with Gasteiger partial charge in [-0.05, 0) is 35.2 Å². The van der Waals surface area contributed by atoms with Crippen molar-refractivity contribution in [2.45, 2.75) is 6.42 Å². The molecular formula is C20H13F2N3O2S. The van der Waals surface area contributed by atoms with Gasteiger partial charge in [-0.15, -0.1) is 11.3 Å². The van der Waals surface area contributed by atoms with Crippen molar-refractivity contribution >= 4 is 22.9 Å². The fourth-order valence-electron chi connectivity index (χ4n) is 2.69. The third-order valence-electron chi connectivity index (χ3n) is 4.01. The molecular weight excluding hydrogens is 384 g/mol. The fourth-order valence-corrected chi connectivity index (χ4v) is 3.34. The lowest BCUT2D eigenvalue weighted by molar-refractivity contribution is 0.101. The Morgan fingerprint density at radius 2 is 1.82 bits per heavy atom. The van der Waals surface area contributed by atoms with Gasteiger partial charge in [-0.1, -0.05) is 35.5 Å². The zero-order valence-corrected chi connectivity index (χ0v) is 15.2. The number of aromatic nitrogens is 2. The maximum Gasteiger partial charge on any atom is 0.261 e. The maximum atomic E-state index is 13.9. The Bertz CT molecular complexity index is 1110. The van der Waals surface area contributed by atoms with Crippen LogP contribution in [0.4, 0.5) is 14.5 Å². The van der Waals surface area contributed by atoms with E-state index in [1.54, 1.807) is 24.3 Å². The third kappa shape index (κ3) is 3.67. The number of hydrogen-bond donors (Lipinski definition) is 1. The number of nitrogens with zero attached hydrogens (tertiary/aromatic N) is 2. The molecule has 0 aliphatic heterocycles. The second-order valence-corrected chi connectivity index (χ2v) is 6.82. The number of carbonyl (C=O) groups is 1. The molecule has 8 heteroatoms. The van der Waals surface area contributed by atoms with E-state index in [9.17, 15) is 13.6 Å². The van der Waals surface area contributed by atoms with Gasteiger partial charge >= 0.3 is 0 Å². The minimum absolute atomic E-state index is 0.259. The molecule has 0 aliphatic carbocycles. The van der Waals surface area contributed by atoms with Crippen molar-refractivity contribution in [3.05, 3.63) is 88.6 Å². The molecule has 2 aromatic heterocycles. The topological polar surface area (TPSA) is 68.0 Å². The van der Waals surface area contributed by atoms with Gasteiger partial charge in [0.2, 0.25) is 11.7 Å². The Hall–Kier alpha value is -3.39. The molecule has 0 spiro atoms. The smallest absolute Gasteiger partial charge is 0.261 e. The van der Waals surface area contributed by atoms with E-state index >= 15 is 0 Å². The highest BCUT2D eigenvalue weighted by Gasteiger charge is 2.19. The van der Waals surface area contributed by atoms with E-state index in [1.165, 1.54) is 17.4 Å². The summed E-state index contributed by atoms with van der Waals surface area (Å²) < 4.78 is 33.0. The van der Waals surface area contributed by atoms with Gasteiger partial charge in [-0.25, -0.2) is 8.78 Å². The van der Waals surface area contributed by atoms with Crippen LogP contribution in [0, 0.1) is 11.6 Å². The van der Waals surface area contributed by atoms with Gasteiger partial charge < -0.3 is 9.84 Å². The van der Waals surface area contributed by atoms with Gasteiger partial charge in [0.05, 0.1) is 11.3 Å². The van der Waals surface area contributed by atoms with Crippen LogP contribution in [0.1, 0.15) is 21.8 Å². The van der Waals surface area contributed by atoms with Crippen LogP contribution in [0.3, 0.4) is 0 Å². The SMILES string of the molecule is O=C(Nc1ccccc1Cc1nc(-c2cccs2)no1)c1c(F)cccc1F. The van der Waals surface area contributed by atoms with Crippen LogP contribution in [0.15, 0.2) is 64.5 Å². The van der Waals surface area contributed by atoms with Crippen molar-refractivity contribution < 1.29 is 18.1 Å². The summed E-state index contributed by atoms with van der Waals surface area (Å²) in [6.45, 7) is 0. The van der Waals surface area contributed by atoms with Crippen molar-refractivity contribution in [2.24, 2.45) is 0 Å². The number of thiophene rings is 1. The highest BCUT2D eigenvalue weighted by molar-refractivity contribution is 7.13. The van der Waals surface area contributed by atoms with Crippen molar-refractivity contribution in [2.75, 3.05) is 5.32 Å². The first-order valence-electron chi connectivity index (χ1n) is 8.31. The van der Waals surface area contributed by atoms with Crippen LogP contribution in [0.5, 0.6) is 0 Å². The lowest BCUT2D eigenvalue weighted by Gasteiger charge is -2.10. The van der Waals surface area contributed by atoms with Gasteiger partial charge in [0.15, 0.2) is 0 Å². The van der Waals surface area contributed by atoms with Crippen LogP contribution in [0.2, 0.25) is 0 Å². The Labute approximate surface area is 162 Å². The summed E-state index contributed by atoms with van der Waals surface area (Å²) in [5, 5.41) is 8.43. The number of halogens is 2. The highest BCUT2D eigenvalue weighted by Crippen LogP contribution is 2.24. The molecule has 1 N–H and O–H groups in total. The van der Waals surface area contributed by atoms with E-state index < -0.39 is 23.1 Å². The van der Waals surface area contributed by atoms with Crippen molar-refractivity contribution in [3.8, 4) is 10.7 Å². The molecule has 0 radical (unpaired) electrons. The minimum Gasteiger partial charge on any atom is -0.339 e. The predicted molar refractivity (Wildman–Crippen MR) is 101 cm³/mol. The summed E-state index contributed by atoms with van der Waals surface area (Å²) in [6.07, 6.45) is 0.259. The second-order valence-electron chi connectivity index (χ2n) is 5.87. The number of anilines is 1. The largest absolute Gasteiger partial charge is 0.339 e. The zero-order valence-electron chi connectivity index (χ0n) is 14.4. The molecule has 2 aromatic carbocycles. The van der Waals surface area contributed by atoms with Crippen LogP contribution in [0.25, 0.3) is 10.7 Å². The first-order chi connectivity index (χ1) is 13.6. The standard InChI is InChI=1S/C20H13F2N3O2S/c21-13-6-3-7-14(22)18(13)20(26)23-15-8-2-1-5-12(15)11-17-24-19(25-27-17)16-9-4-10-28-16/h1-10H,11H2,(H,23,26). The lowest BCUT2D eigenvalue weighted by Crippen LogP contribution is -2.17. The number of carbonyl (C=O) groups excluding carboxylic acids is 1. The van der Waals surface area contributed by atoms with Gasteiger partial charge in [-0.2, -0.15) is 4.98 Å². The summed E-state index contributed by atoms with van der Waals surface area (Å²) in [7, 11) is 0. The van der Waals surface area contributed by atoms with Gasteiger partial charge in [0, 0.05) is 5.69 Å². The number of amides is 1. The van der Waals surface area contributed by atoms with E-state index in [0.717, 1.165) is 17.0 Å². The first kappa shape index (κ1) is 18.0. The number of nitrogens with one attached hydrogen (secondary N) is 1. The third-order valence-corrected chi connectivity index (χ3v) is 4.87. The number of para-hydroxylation sites is 1. The molecule has 2 heterocycles. The fraction of sp³-hybridized carbons (Fsp3) is 0.0500. The zero-order chi connectivity index (χ0) is 19.5. The molecule has 0 bridgehead atoms. The van der Waals surface area contributed by atoms with Crippen LogP contribution < -0.4 is 5.32 Å². The summed E-state index contributed by atoms with van der Waals surface area (Å²) in [5.41, 5.74) is 0.454. The van der Waals surface area contributed by atoms with Crippen molar-refractivity contribution in [1.82, 2.24) is 10.1 Å². The summed E-state index contributed by atoms with van der Waals surface area (Å²) in [4.78, 5) is 17.6. The monoisotopic (exact) mass is 397 g/mol. The molecule has 4 rings (SSSR count). The average molecular weight is 397 g/mol. The maximum absolute atomic E-state index is 13.9. The van der Waals surface area contributed by atoms with Gasteiger partial charge in [0.1, 0.15) is 17.2 Å². The molecule has 0 unspecified atom stereocenters. The van der Waals surface area contributed by atoms with Crippen LogP contribution in [-0.2, 0) is 6.42 Å². The Morgan fingerprint density at radius 3 is 2.57 bits per heavy atom. The second kappa shape index (κ2) is 7.69. The number of rotatable bonds is 5. The van der Waals surface area contributed by atoms with E-state index in [1.807, 2.05) is 17.5 Å². The Kier molecular flexibility index (Phi) is 4.94. The first-order valence-corrected chi connectivity index (χ1v) is 9.19. The molecule has 0 saturated carbocycles. The summed E-state index contributed by atoms with van der Waals surface area (Å²) in [6, 6.07) is 14.0.